The Morgan fingerprint density at radius 1 is 0.816 bits per heavy atom. The predicted molar refractivity (Wildman–Crippen MR) is 150 cm³/mol. The minimum absolute atomic E-state index is 0.00101. The smallest absolute Gasteiger partial charge is 0.311 e. The Kier molecular flexibility index (Phi) is 6.62. The van der Waals surface area contributed by atoms with Crippen molar-refractivity contribution in [2.75, 3.05) is 13.1 Å². The van der Waals surface area contributed by atoms with Gasteiger partial charge in [-0.3, -0.25) is 14.3 Å². The van der Waals surface area contributed by atoms with Gasteiger partial charge in [0.25, 0.3) is 0 Å². The molecule has 4 aromatic rings. The van der Waals surface area contributed by atoms with E-state index in [9.17, 15) is 9.59 Å². The number of piperidine rings is 1. The Bertz CT molecular complexity index is 1460. The summed E-state index contributed by atoms with van der Waals surface area (Å²) in [6, 6.07) is 23.0. The van der Waals surface area contributed by atoms with E-state index >= 15 is 0 Å². The molecule has 2 fully saturated rings. The molecule has 2 aliphatic rings. The average Bonchev–Trinajstić information content (AvgIpc) is 3.71. The molecular formula is C30H28Cl2N4O2. The number of hydrogen-bond donors (Lipinski definition) is 1. The van der Waals surface area contributed by atoms with E-state index in [1.54, 1.807) is 4.90 Å². The maximum absolute atomic E-state index is 12.1. The van der Waals surface area contributed by atoms with Gasteiger partial charge in [-0.2, -0.15) is 5.10 Å². The standard InChI is InChI=1S/C30H28Cl2N4O2/c31-22-6-1-18(2-7-22)27(19-3-8-23(32)9-4-19)21-5-12-26-25(17-21)28(36(34-26)24-10-11-24)20-13-15-35(16-14-20)30(38)29(33)37/h1-9,12,17,20,24,27H,10-11,13-16H2,(H2,33,37). The maximum Gasteiger partial charge on any atom is 0.311 e. The molecule has 6 nitrogen and oxygen atoms in total. The topological polar surface area (TPSA) is 81.2 Å². The number of carbonyl (C=O) groups excluding carboxylic acids is 2. The van der Waals surface area contributed by atoms with Crippen molar-refractivity contribution in [2.24, 2.45) is 5.73 Å². The summed E-state index contributed by atoms with van der Waals surface area (Å²) in [5, 5.41) is 7.59. The Morgan fingerprint density at radius 2 is 1.37 bits per heavy atom. The lowest BCUT2D eigenvalue weighted by Gasteiger charge is -2.31. The third kappa shape index (κ3) is 4.79. The van der Waals surface area contributed by atoms with Gasteiger partial charge in [0.05, 0.1) is 11.6 Å². The van der Waals surface area contributed by atoms with Crippen molar-refractivity contribution >= 4 is 45.9 Å². The third-order valence-electron chi connectivity index (χ3n) is 7.77. The van der Waals surface area contributed by atoms with Crippen molar-refractivity contribution < 1.29 is 9.59 Å². The lowest BCUT2D eigenvalue weighted by molar-refractivity contribution is -0.144. The zero-order valence-corrected chi connectivity index (χ0v) is 22.3. The fraction of sp³-hybridized carbons (Fsp3) is 0.300. The Labute approximate surface area is 231 Å². The summed E-state index contributed by atoms with van der Waals surface area (Å²) in [4.78, 5) is 25.1. The minimum atomic E-state index is -0.892. The second-order valence-electron chi connectivity index (χ2n) is 10.3. The van der Waals surface area contributed by atoms with Crippen molar-refractivity contribution in [3.63, 3.8) is 0 Å². The summed E-state index contributed by atoms with van der Waals surface area (Å²) in [7, 11) is 0. The van der Waals surface area contributed by atoms with E-state index in [1.165, 1.54) is 11.3 Å². The van der Waals surface area contributed by atoms with E-state index in [2.05, 4.69) is 47.1 Å². The van der Waals surface area contributed by atoms with E-state index in [-0.39, 0.29) is 11.8 Å². The first kappa shape index (κ1) is 25.0. The summed E-state index contributed by atoms with van der Waals surface area (Å²) >= 11 is 12.4. The number of carbonyl (C=O) groups is 2. The molecule has 1 saturated carbocycles. The first-order valence-corrected chi connectivity index (χ1v) is 13.8. The van der Waals surface area contributed by atoms with Crippen LogP contribution in [0, 0.1) is 0 Å². The van der Waals surface area contributed by atoms with Gasteiger partial charge in [0, 0.05) is 46.1 Å². The van der Waals surface area contributed by atoms with E-state index in [0.29, 0.717) is 29.2 Å². The van der Waals surface area contributed by atoms with E-state index in [4.69, 9.17) is 34.0 Å². The number of nitrogens with zero attached hydrogens (tertiary/aromatic N) is 3. The van der Waals surface area contributed by atoms with Gasteiger partial charge in [-0.05, 0) is 78.8 Å². The molecule has 1 saturated heterocycles. The molecule has 1 aliphatic heterocycles. The van der Waals surface area contributed by atoms with Crippen LogP contribution in [0.15, 0.2) is 66.7 Å². The lowest BCUT2D eigenvalue weighted by atomic mass is 9.84. The van der Waals surface area contributed by atoms with Gasteiger partial charge in [-0.25, -0.2) is 0 Å². The number of hydrogen-bond acceptors (Lipinski definition) is 3. The highest BCUT2D eigenvalue weighted by Crippen LogP contribution is 2.43. The number of amides is 2. The van der Waals surface area contributed by atoms with Crippen LogP contribution < -0.4 is 5.73 Å². The molecule has 0 unspecified atom stereocenters. The summed E-state index contributed by atoms with van der Waals surface area (Å²) in [6.45, 7) is 1.03. The van der Waals surface area contributed by atoms with Crippen LogP contribution in [0.25, 0.3) is 10.9 Å². The number of benzene rings is 3. The number of rotatable bonds is 5. The van der Waals surface area contributed by atoms with Crippen LogP contribution in [0.1, 0.15) is 65.9 Å². The maximum atomic E-state index is 12.1. The molecule has 1 aliphatic carbocycles. The van der Waals surface area contributed by atoms with Crippen LogP contribution in [0.2, 0.25) is 10.0 Å². The number of primary amides is 1. The van der Waals surface area contributed by atoms with Crippen molar-refractivity contribution in [3.8, 4) is 0 Å². The highest BCUT2D eigenvalue weighted by atomic mass is 35.5. The minimum Gasteiger partial charge on any atom is -0.361 e. The zero-order chi connectivity index (χ0) is 26.4. The SMILES string of the molecule is NC(=O)C(=O)N1CCC(c2c3cc(C(c4ccc(Cl)cc4)c4ccc(Cl)cc4)ccc3nn2C2CC2)CC1. The zero-order valence-electron chi connectivity index (χ0n) is 20.8. The third-order valence-corrected chi connectivity index (χ3v) is 8.28. The highest BCUT2D eigenvalue weighted by Gasteiger charge is 2.34. The predicted octanol–water partition coefficient (Wildman–Crippen LogP) is 6.05. The molecule has 0 radical (unpaired) electrons. The molecule has 0 bridgehead atoms. The van der Waals surface area contributed by atoms with Gasteiger partial charge < -0.3 is 10.6 Å². The molecule has 2 amide bonds. The fourth-order valence-corrected chi connectivity index (χ4v) is 5.97. The van der Waals surface area contributed by atoms with Gasteiger partial charge in [0.1, 0.15) is 0 Å². The molecule has 194 valence electrons. The van der Waals surface area contributed by atoms with Gasteiger partial charge in [-0.1, -0.05) is 53.5 Å². The van der Waals surface area contributed by atoms with Crippen molar-refractivity contribution in [1.29, 1.82) is 0 Å². The van der Waals surface area contributed by atoms with Crippen molar-refractivity contribution in [1.82, 2.24) is 14.7 Å². The monoisotopic (exact) mass is 546 g/mol. The van der Waals surface area contributed by atoms with Crippen LogP contribution in [0.4, 0.5) is 0 Å². The molecule has 8 heteroatoms. The van der Waals surface area contributed by atoms with Crippen LogP contribution >= 0.6 is 23.2 Å². The molecule has 6 rings (SSSR count). The molecule has 0 spiro atoms. The molecule has 38 heavy (non-hydrogen) atoms. The van der Waals surface area contributed by atoms with E-state index < -0.39 is 11.8 Å². The Hall–Kier alpha value is -3.35. The summed E-state index contributed by atoms with van der Waals surface area (Å²) in [5.74, 6) is -1.24. The van der Waals surface area contributed by atoms with Crippen LogP contribution in [0.3, 0.4) is 0 Å². The summed E-state index contributed by atoms with van der Waals surface area (Å²) in [5.41, 5.74) is 10.9. The molecule has 2 N–H and O–H groups in total. The van der Waals surface area contributed by atoms with Gasteiger partial charge >= 0.3 is 11.8 Å². The van der Waals surface area contributed by atoms with Crippen molar-refractivity contribution in [3.05, 3.63) is 99.2 Å². The number of likely N-dealkylation sites (tertiary alicyclic amines) is 1. The normalized spacial score (nSPS) is 16.3. The number of nitrogens with two attached hydrogens (primary N) is 1. The molecule has 2 heterocycles. The van der Waals surface area contributed by atoms with Crippen LogP contribution in [-0.2, 0) is 9.59 Å². The van der Waals surface area contributed by atoms with E-state index in [0.717, 1.165) is 47.7 Å². The molecular weight excluding hydrogens is 519 g/mol. The van der Waals surface area contributed by atoms with Gasteiger partial charge in [-0.15, -0.1) is 0 Å². The summed E-state index contributed by atoms with van der Waals surface area (Å²) < 4.78 is 2.23. The van der Waals surface area contributed by atoms with Crippen LogP contribution in [-0.4, -0.2) is 39.6 Å². The first-order valence-electron chi connectivity index (χ1n) is 13.0. The number of halogens is 2. The van der Waals surface area contributed by atoms with Crippen molar-refractivity contribution in [2.45, 2.75) is 43.6 Å². The van der Waals surface area contributed by atoms with Gasteiger partial charge in [0.15, 0.2) is 0 Å². The lowest BCUT2D eigenvalue weighted by Crippen LogP contribution is -2.44. The fourth-order valence-electron chi connectivity index (χ4n) is 5.72. The number of fused-ring (bicyclic) bond motifs is 1. The van der Waals surface area contributed by atoms with Crippen LogP contribution in [0.5, 0.6) is 0 Å². The molecule has 3 aromatic carbocycles. The molecule has 0 atom stereocenters. The largest absolute Gasteiger partial charge is 0.361 e. The quantitative estimate of drug-likeness (QED) is 0.244. The van der Waals surface area contributed by atoms with E-state index in [1.807, 2.05) is 24.3 Å². The highest BCUT2D eigenvalue weighted by molar-refractivity contribution is 6.34. The summed E-state index contributed by atoms with van der Waals surface area (Å²) in [6.07, 6.45) is 3.80. The first-order chi connectivity index (χ1) is 18.4. The second kappa shape index (κ2) is 10.1. The second-order valence-corrected chi connectivity index (χ2v) is 11.2. The Morgan fingerprint density at radius 3 is 1.89 bits per heavy atom. The number of aromatic nitrogens is 2. The molecule has 1 aromatic heterocycles. The van der Waals surface area contributed by atoms with Gasteiger partial charge in [0.2, 0.25) is 0 Å². The average molecular weight is 547 g/mol. The Balaban J connectivity index is 1.42.